The van der Waals surface area contributed by atoms with Crippen LogP contribution in [0.2, 0.25) is 0 Å². The topological polar surface area (TPSA) is 69.6 Å². The van der Waals surface area contributed by atoms with Gasteiger partial charge in [-0.3, -0.25) is 4.79 Å². The number of nitrogens with one attached hydrogen (secondary N) is 1. The minimum Gasteiger partial charge on any atom is -0.508 e. The van der Waals surface area contributed by atoms with E-state index in [0.717, 1.165) is 16.9 Å². The van der Waals surface area contributed by atoms with Crippen molar-refractivity contribution in [1.29, 1.82) is 0 Å². The standard InChI is InChI=1S/C14H13NO3/c16-13-6-2-5-12(9-13)15-11-4-1-3-10(7-11)8-14(17)18/h1-7,9,15-16H,8H2,(H,17,18). The highest BCUT2D eigenvalue weighted by Crippen LogP contribution is 2.21. The van der Waals surface area contributed by atoms with E-state index >= 15 is 0 Å². The molecule has 0 spiro atoms. The molecule has 4 heteroatoms. The molecule has 0 heterocycles. The largest absolute Gasteiger partial charge is 0.508 e. The molecule has 3 N–H and O–H groups in total. The number of aromatic hydroxyl groups is 1. The van der Waals surface area contributed by atoms with Gasteiger partial charge in [-0.05, 0) is 29.8 Å². The van der Waals surface area contributed by atoms with Crippen molar-refractivity contribution in [2.75, 3.05) is 5.32 Å². The van der Waals surface area contributed by atoms with Crippen LogP contribution >= 0.6 is 0 Å². The Hall–Kier alpha value is -2.49. The van der Waals surface area contributed by atoms with Gasteiger partial charge in [0.1, 0.15) is 5.75 Å². The molecule has 2 aromatic carbocycles. The number of carboxylic acids is 1. The van der Waals surface area contributed by atoms with Crippen molar-refractivity contribution in [3.63, 3.8) is 0 Å². The summed E-state index contributed by atoms with van der Waals surface area (Å²) in [7, 11) is 0. The Bertz CT molecular complexity index is 566. The molecule has 0 atom stereocenters. The fourth-order valence-corrected chi connectivity index (χ4v) is 1.68. The number of benzene rings is 2. The second-order valence-electron chi connectivity index (χ2n) is 3.95. The number of phenolic OH excluding ortho intramolecular Hbond substituents is 1. The van der Waals surface area contributed by atoms with Crippen LogP contribution in [0.1, 0.15) is 5.56 Å². The number of rotatable bonds is 4. The zero-order valence-electron chi connectivity index (χ0n) is 9.63. The van der Waals surface area contributed by atoms with E-state index in [-0.39, 0.29) is 12.2 Å². The van der Waals surface area contributed by atoms with Crippen LogP contribution < -0.4 is 5.32 Å². The lowest BCUT2D eigenvalue weighted by Crippen LogP contribution is -2.00. The normalized spacial score (nSPS) is 10.0. The van der Waals surface area contributed by atoms with Crippen molar-refractivity contribution in [2.24, 2.45) is 0 Å². The molecule has 0 saturated carbocycles. The van der Waals surface area contributed by atoms with Gasteiger partial charge in [0, 0.05) is 17.4 Å². The van der Waals surface area contributed by atoms with Crippen molar-refractivity contribution in [3.8, 4) is 5.75 Å². The second kappa shape index (κ2) is 5.23. The molecule has 0 aliphatic carbocycles. The minimum absolute atomic E-state index is 0.00441. The molecular weight excluding hydrogens is 230 g/mol. The van der Waals surface area contributed by atoms with Gasteiger partial charge in [-0.25, -0.2) is 0 Å². The zero-order valence-corrected chi connectivity index (χ0v) is 9.63. The van der Waals surface area contributed by atoms with E-state index in [0.29, 0.717) is 0 Å². The maximum absolute atomic E-state index is 10.6. The predicted molar refractivity (Wildman–Crippen MR) is 69.2 cm³/mol. The van der Waals surface area contributed by atoms with Gasteiger partial charge in [0.25, 0.3) is 0 Å². The van der Waals surface area contributed by atoms with E-state index in [2.05, 4.69) is 5.32 Å². The molecule has 18 heavy (non-hydrogen) atoms. The maximum atomic E-state index is 10.6. The zero-order chi connectivity index (χ0) is 13.0. The molecule has 0 bridgehead atoms. The van der Waals surface area contributed by atoms with Crippen molar-refractivity contribution in [1.82, 2.24) is 0 Å². The van der Waals surface area contributed by atoms with Crippen LogP contribution in [0.3, 0.4) is 0 Å². The molecule has 2 rings (SSSR count). The van der Waals surface area contributed by atoms with Crippen LogP contribution in [0.4, 0.5) is 11.4 Å². The van der Waals surface area contributed by atoms with E-state index in [1.807, 2.05) is 12.1 Å². The Labute approximate surface area is 105 Å². The second-order valence-corrected chi connectivity index (χ2v) is 3.95. The fraction of sp³-hybridized carbons (Fsp3) is 0.0714. The van der Waals surface area contributed by atoms with E-state index in [4.69, 9.17) is 5.11 Å². The molecule has 0 unspecified atom stereocenters. The predicted octanol–water partition coefficient (Wildman–Crippen LogP) is 2.76. The molecule has 0 saturated heterocycles. The van der Waals surface area contributed by atoms with Crippen molar-refractivity contribution in [3.05, 3.63) is 54.1 Å². The van der Waals surface area contributed by atoms with Crippen molar-refractivity contribution >= 4 is 17.3 Å². The van der Waals surface area contributed by atoms with Crippen LogP contribution in [-0.2, 0) is 11.2 Å². The highest BCUT2D eigenvalue weighted by molar-refractivity contribution is 5.71. The SMILES string of the molecule is O=C(O)Cc1cccc(Nc2cccc(O)c2)c1. The van der Waals surface area contributed by atoms with Crippen LogP contribution in [0.15, 0.2) is 48.5 Å². The molecular formula is C14H13NO3. The minimum atomic E-state index is -0.857. The van der Waals surface area contributed by atoms with Crippen molar-refractivity contribution in [2.45, 2.75) is 6.42 Å². The number of aliphatic carboxylic acids is 1. The van der Waals surface area contributed by atoms with E-state index in [9.17, 15) is 9.90 Å². The first-order chi connectivity index (χ1) is 8.63. The summed E-state index contributed by atoms with van der Waals surface area (Å²) in [6.45, 7) is 0. The lowest BCUT2D eigenvalue weighted by Gasteiger charge is -2.08. The Balaban J connectivity index is 2.16. The molecule has 4 nitrogen and oxygen atoms in total. The number of hydrogen-bond acceptors (Lipinski definition) is 3. The van der Waals surface area contributed by atoms with E-state index in [1.165, 1.54) is 0 Å². The molecule has 0 aromatic heterocycles. The third-order valence-electron chi connectivity index (χ3n) is 2.42. The van der Waals surface area contributed by atoms with Gasteiger partial charge < -0.3 is 15.5 Å². The van der Waals surface area contributed by atoms with Crippen LogP contribution in [0.5, 0.6) is 5.75 Å². The lowest BCUT2D eigenvalue weighted by atomic mass is 10.1. The average molecular weight is 243 g/mol. The monoisotopic (exact) mass is 243 g/mol. The van der Waals surface area contributed by atoms with Gasteiger partial charge in [0.15, 0.2) is 0 Å². The Morgan fingerprint density at radius 1 is 1.06 bits per heavy atom. The summed E-state index contributed by atoms with van der Waals surface area (Å²) in [6.07, 6.45) is -0.00441. The Kier molecular flexibility index (Phi) is 3.48. The molecule has 0 aliphatic heterocycles. The smallest absolute Gasteiger partial charge is 0.307 e. The Morgan fingerprint density at radius 2 is 1.72 bits per heavy atom. The molecule has 0 fully saturated rings. The number of carbonyl (C=O) groups is 1. The highest BCUT2D eigenvalue weighted by Gasteiger charge is 2.02. The summed E-state index contributed by atoms with van der Waals surface area (Å²) in [6, 6.07) is 13.9. The molecule has 2 aromatic rings. The van der Waals surface area contributed by atoms with Gasteiger partial charge in [0.05, 0.1) is 6.42 Å². The quantitative estimate of drug-likeness (QED) is 0.772. The fourth-order valence-electron chi connectivity index (χ4n) is 1.68. The lowest BCUT2D eigenvalue weighted by molar-refractivity contribution is -0.136. The number of carboxylic acid groups (broad SMARTS) is 1. The third kappa shape index (κ3) is 3.25. The highest BCUT2D eigenvalue weighted by atomic mass is 16.4. The van der Waals surface area contributed by atoms with Gasteiger partial charge in [-0.15, -0.1) is 0 Å². The maximum Gasteiger partial charge on any atom is 0.307 e. The van der Waals surface area contributed by atoms with Gasteiger partial charge in [0.2, 0.25) is 0 Å². The summed E-state index contributed by atoms with van der Waals surface area (Å²) in [5.41, 5.74) is 2.27. The molecule has 0 aliphatic rings. The molecule has 0 radical (unpaired) electrons. The van der Waals surface area contributed by atoms with E-state index < -0.39 is 5.97 Å². The summed E-state index contributed by atoms with van der Waals surface area (Å²) >= 11 is 0. The first-order valence-corrected chi connectivity index (χ1v) is 5.50. The molecule has 92 valence electrons. The van der Waals surface area contributed by atoms with Crippen molar-refractivity contribution < 1.29 is 15.0 Å². The van der Waals surface area contributed by atoms with Gasteiger partial charge in [-0.1, -0.05) is 18.2 Å². The Morgan fingerprint density at radius 3 is 2.39 bits per heavy atom. The van der Waals surface area contributed by atoms with Gasteiger partial charge >= 0.3 is 5.97 Å². The third-order valence-corrected chi connectivity index (χ3v) is 2.42. The summed E-state index contributed by atoms with van der Waals surface area (Å²) in [5, 5.41) is 21.2. The average Bonchev–Trinajstić information content (AvgIpc) is 2.28. The summed E-state index contributed by atoms with van der Waals surface area (Å²) < 4.78 is 0. The van der Waals surface area contributed by atoms with Crippen LogP contribution in [-0.4, -0.2) is 16.2 Å². The first kappa shape index (κ1) is 12.0. The number of hydrogen-bond donors (Lipinski definition) is 3. The van der Waals surface area contributed by atoms with Crippen LogP contribution in [0, 0.1) is 0 Å². The summed E-state index contributed by atoms with van der Waals surface area (Å²) in [4.78, 5) is 10.6. The first-order valence-electron chi connectivity index (χ1n) is 5.50. The van der Waals surface area contributed by atoms with Gasteiger partial charge in [-0.2, -0.15) is 0 Å². The number of anilines is 2. The van der Waals surface area contributed by atoms with Crippen LogP contribution in [0.25, 0.3) is 0 Å². The number of phenols is 1. The van der Waals surface area contributed by atoms with E-state index in [1.54, 1.807) is 36.4 Å². The molecule has 0 amide bonds. The summed E-state index contributed by atoms with van der Waals surface area (Å²) in [5.74, 6) is -0.675.